The highest BCUT2D eigenvalue weighted by Crippen LogP contribution is 2.42. The molecule has 1 aromatic heterocycles. The fraction of sp³-hybridized carbons (Fsp3) is 0.417. The Kier molecular flexibility index (Phi) is 6.55. The van der Waals surface area contributed by atoms with Crippen molar-refractivity contribution in [1.82, 2.24) is 4.90 Å². The Labute approximate surface area is 182 Å². The van der Waals surface area contributed by atoms with Crippen molar-refractivity contribution in [3.63, 3.8) is 0 Å². The van der Waals surface area contributed by atoms with Crippen LogP contribution in [-0.4, -0.2) is 48.1 Å². The zero-order valence-electron chi connectivity index (χ0n) is 18.8. The van der Waals surface area contributed by atoms with Gasteiger partial charge in [-0.1, -0.05) is 6.07 Å². The second kappa shape index (κ2) is 8.98. The largest absolute Gasteiger partial charge is 0.507 e. The molecule has 7 heteroatoms. The van der Waals surface area contributed by atoms with E-state index in [2.05, 4.69) is 0 Å². The number of aliphatic hydroxyl groups is 1. The third kappa shape index (κ3) is 4.37. The van der Waals surface area contributed by atoms with Gasteiger partial charge in [0.2, 0.25) is 0 Å². The number of amides is 1. The number of furan rings is 1. The lowest BCUT2D eigenvalue weighted by Gasteiger charge is -2.24. The van der Waals surface area contributed by atoms with Crippen molar-refractivity contribution in [3.8, 4) is 5.75 Å². The first-order chi connectivity index (χ1) is 14.6. The lowest BCUT2D eigenvalue weighted by molar-refractivity contribution is -0.140. The summed E-state index contributed by atoms with van der Waals surface area (Å²) < 4.78 is 16.9. The number of hydrogen-bond acceptors (Lipinski definition) is 6. The van der Waals surface area contributed by atoms with Crippen LogP contribution in [0.5, 0.6) is 5.75 Å². The van der Waals surface area contributed by atoms with Gasteiger partial charge in [0, 0.05) is 6.54 Å². The van der Waals surface area contributed by atoms with Crippen LogP contribution in [0, 0.1) is 20.8 Å². The molecule has 0 aliphatic carbocycles. The Hall–Kier alpha value is -3.06. The fourth-order valence-electron chi connectivity index (χ4n) is 3.94. The van der Waals surface area contributed by atoms with Crippen molar-refractivity contribution >= 4 is 17.4 Å². The van der Waals surface area contributed by atoms with Crippen molar-refractivity contribution in [1.29, 1.82) is 0 Å². The van der Waals surface area contributed by atoms with E-state index in [9.17, 15) is 14.7 Å². The smallest absolute Gasteiger partial charge is 0.295 e. The number of aliphatic hydroxyl groups excluding tert-OH is 1. The summed E-state index contributed by atoms with van der Waals surface area (Å²) in [4.78, 5) is 27.4. The maximum Gasteiger partial charge on any atom is 0.295 e. The highest BCUT2D eigenvalue weighted by atomic mass is 16.5. The van der Waals surface area contributed by atoms with Gasteiger partial charge in [-0.25, -0.2) is 0 Å². The first-order valence-electron chi connectivity index (χ1n) is 10.3. The van der Waals surface area contributed by atoms with E-state index < -0.39 is 17.7 Å². The van der Waals surface area contributed by atoms with Crippen LogP contribution in [0.25, 0.3) is 5.76 Å². The summed E-state index contributed by atoms with van der Waals surface area (Å²) in [6, 6.07) is 6.28. The average Bonchev–Trinajstić information content (AvgIpc) is 3.23. The number of carbonyl (C=O) groups excluding carboxylic acids is 2. The number of Topliss-reactive ketones (excluding diaryl/α,β-unsaturated/α-hetero) is 1. The summed E-state index contributed by atoms with van der Waals surface area (Å²) in [6.45, 7) is 9.77. The van der Waals surface area contributed by atoms with E-state index in [-0.39, 0.29) is 30.6 Å². The van der Waals surface area contributed by atoms with Gasteiger partial charge in [-0.2, -0.15) is 0 Å². The van der Waals surface area contributed by atoms with Crippen LogP contribution in [0.1, 0.15) is 48.1 Å². The van der Waals surface area contributed by atoms with Gasteiger partial charge >= 0.3 is 0 Å². The highest BCUT2D eigenvalue weighted by Gasteiger charge is 2.47. The van der Waals surface area contributed by atoms with Gasteiger partial charge in [0.25, 0.3) is 11.7 Å². The minimum Gasteiger partial charge on any atom is -0.507 e. The second-order valence-electron chi connectivity index (χ2n) is 8.02. The molecular formula is C24H29NO6. The highest BCUT2D eigenvalue weighted by molar-refractivity contribution is 6.46. The summed E-state index contributed by atoms with van der Waals surface area (Å²) >= 11 is 0. The number of rotatable bonds is 7. The standard InChI is InChI=1S/C24H29NO6/c1-13(2)30-10-9-25-20(18-8-7-16(5)31-18)19(22(27)24(25)28)21(26)17-12-14(3)11-15(4)23(17)29-6/h7-8,11-13,20,26H,9-10H2,1-6H3/b21-19+. The van der Waals surface area contributed by atoms with Crippen molar-refractivity contribution in [3.05, 3.63) is 58.0 Å². The Morgan fingerprint density at radius 2 is 1.90 bits per heavy atom. The number of ketones is 1. The Balaban J connectivity index is 2.17. The van der Waals surface area contributed by atoms with Crippen molar-refractivity contribution in [2.75, 3.05) is 20.3 Å². The molecule has 1 atom stereocenters. The Morgan fingerprint density at radius 3 is 2.48 bits per heavy atom. The lowest BCUT2D eigenvalue weighted by atomic mass is 9.96. The van der Waals surface area contributed by atoms with E-state index in [0.717, 1.165) is 11.1 Å². The summed E-state index contributed by atoms with van der Waals surface area (Å²) in [7, 11) is 1.50. The number of likely N-dealkylation sites (tertiary alicyclic amines) is 1. The van der Waals surface area contributed by atoms with Gasteiger partial charge in [-0.15, -0.1) is 0 Å². The molecule has 0 saturated carbocycles. The molecule has 1 aromatic carbocycles. The number of ether oxygens (including phenoxy) is 2. The molecule has 0 bridgehead atoms. The normalized spacial score (nSPS) is 18.3. The summed E-state index contributed by atoms with van der Waals surface area (Å²) in [5, 5.41) is 11.3. The predicted octanol–water partition coefficient (Wildman–Crippen LogP) is 4.06. The van der Waals surface area contributed by atoms with E-state index in [0.29, 0.717) is 22.8 Å². The van der Waals surface area contributed by atoms with Gasteiger partial charge in [0.15, 0.2) is 0 Å². The molecule has 1 saturated heterocycles. The van der Waals surface area contributed by atoms with Gasteiger partial charge in [-0.05, 0) is 63.9 Å². The minimum absolute atomic E-state index is 0.0133. The van der Waals surface area contributed by atoms with Crippen LogP contribution in [0.3, 0.4) is 0 Å². The van der Waals surface area contributed by atoms with Gasteiger partial charge in [0.05, 0.1) is 31.0 Å². The topological polar surface area (TPSA) is 89.2 Å². The van der Waals surface area contributed by atoms with Gasteiger partial charge in [-0.3, -0.25) is 9.59 Å². The first kappa shape index (κ1) is 22.6. The predicted molar refractivity (Wildman–Crippen MR) is 116 cm³/mol. The molecule has 7 nitrogen and oxygen atoms in total. The zero-order valence-corrected chi connectivity index (χ0v) is 18.8. The van der Waals surface area contributed by atoms with Gasteiger partial charge < -0.3 is 23.9 Å². The van der Waals surface area contributed by atoms with Crippen LogP contribution < -0.4 is 4.74 Å². The molecule has 1 unspecified atom stereocenters. The van der Waals surface area contributed by atoms with Crippen molar-refractivity contribution < 1.29 is 28.6 Å². The third-order valence-electron chi connectivity index (χ3n) is 5.23. The third-order valence-corrected chi connectivity index (χ3v) is 5.23. The molecule has 2 heterocycles. The molecular weight excluding hydrogens is 398 g/mol. The van der Waals surface area contributed by atoms with E-state index in [4.69, 9.17) is 13.9 Å². The molecule has 1 aliphatic rings. The van der Waals surface area contributed by atoms with Crippen LogP contribution in [-0.2, 0) is 14.3 Å². The molecule has 1 N–H and O–H groups in total. The van der Waals surface area contributed by atoms with Crippen molar-refractivity contribution in [2.24, 2.45) is 0 Å². The monoisotopic (exact) mass is 427 g/mol. The van der Waals surface area contributed by atoms with Crippen molar-refractivity contribution in [2.45, 2.75) is 46.8 Å². The summed E-state index contributed by atoms with van der Waals surface area (Å²) in [5.41, 5.74) is 2.05. The number of hydrogen-bond donors (Lipinski definition) is 1. The summed E-state index contributed by atoms with van der Waals surface area (Å²) in [5.74, 6) is -0.243. The molecule has 1 aliphatic heterocycles. The minimum atomic E-state index is -0.852. The first-order valence-corrected chi connectivity index (χ1v) is 10.3. The van der Waals surface area contributed by atoms with E-state index in [1.54, 1.807) is 25.1 Å². The van der Waals surface area contributed by atoms with Crippen LogP contribution in [0.2, 0.25) is 0 Å². The molecule has 1 fully saturated rings. The van der Waals surface area contributed by atoms with E-state index >= 15 is 0 Å². The van der Waals surface area contributed by atoms with E-state index in [1.807, 2.05) is 33.8 Å². The fourth-order valence-corrected chi connectivity index (χ4v) is 3.94. The maximum atomic E-state index is 13.1. The number of benzene rings is 1. The quantitative estimate of drug-likeness (QED) is 0.407. The Morgan fingerprint density at radius 1 is 1.19 bits per heavy atom. The number of carbonyl (C=O) groups is 2. The lowest BCUT2D eigenvalue weighted by Crippen LogP contribution is -2.33. The number of methoxy groups -OCH3 is 1. The average molecular weight is 427 g/mol. The maximum absolute atomic E-state index is 13.1. The van der Waals surface area contributed by atoms with E-state index in [1.165, 1.54) is 12.0 Å². The molecule has 2 aromatic rings. The zero-order chi connectivity index (χ0) is 22.9. The van der Waals surface area contributed by atoms with Crippen LogP contribution in [0.4, 0.5) is 0 Å². The number of aryl methyl sites for hydroxylation is 3. The Bertz CT molecular complexity index is 1030. The second-order valence-corrected chi connectivity index (χ2v) is 8.02. The molecule has 3 rings (SSSR count). The SMILES string of the molecule is COc1c(C)cc(C)cc1/C(O)=C1\C(=O)C(=O)N(CCOC(C)C)C1c1ccc(C)o1. The molecule has 1 amide bonds. The molecule has 31 heavy (non-hydrogen) atoms. The van der Waals surface area contributed by atoms with Crippen LogP contribution in [0.15, 0.2) is 34.3 Å². The van der Waals surface area contributed by atoms with Gasteiger partial charge in [0.1, 0.15) is 29.1 Å². The molecule has 0 radical (unpaired) electrons. The summed E-state index contributed by atoms with van der Waals surface area (Å²) in [6.07, 6.45) is -0.0133. The molecule has 166 valence electrons. The molecule has 0 spiro atoms. The van der Waals surface area contributed by atoms with Crippen LogP contribution >= 0.6 is 0 Å². The number of nitrogens with zero attached hydrogens (tertiary/aromatic N) is 1.